The second kappa shape index (κ2) is 14.7. The van der Waals surface area contributed by atoms with Crippen LogP contribution in [0.25, 0.3) is 0 Å². The average molecular weight is 525 g/mol. The molecule has 0 bridgehead atoms. The Hall–Kier alpha value is -2.18. The smallest absolute Gasteiger partial charge is 0.309 e. The highest BCUT2D eigenvalue weighted by molar-refractivity contribution is 5.73. The van der Waals surface area contributed by atoms with E-state index in [0.717, 1.165) is 64.2 Å². The summed E-state index contributed by atoms with van der Waals surface area (Å²) < 4.78 is 11.1. The molecule has 11 nitrogen and oxygen atoms in total. The quantitative estimate of drug-likeness (QED) is 0.243. The number of rotatable bonds is 12. The summed E-state index contributed by atoms with van der Waals surface area (Å²) in [6.07, 6.45) is 4.36. The standard InChI is InChI=1S/C26H40N2O9/c29-14-21(31)24(33)23(32)19-13-27-18(12-28-19)11-20(30)22(37-26(35)17-9-5-2-6-10-17)15-36-25(34)16-7-3-1-4-8-16/h12-13,16-17,20-24,29-33H,1-11,14-15H2/t20-,21+,22+,23+,24+/m0/s1. The summed E-state index contributed by atoms with van der Waals surface area (Å²) in [6, 6.07) is 0. The number of carbonyl (C=O) groups is 2. The molecule has 5 atom stereocenters. The predicted molar refractivity (Wildman–Crippen MR) is 130 cm³/mol. The second-order valence-corrected chi connectivity index (χ2v) is 10.2. The molecule has 0 radical (unpaired) electrons. The molecule has 5 N–H and O–H groups in total. The number of hydrogen-bond donors (Lipinski definition) is 5. The molecule has 2 aliphatic carbocycles. The van der Waals surface area contributed by atoms with E-state index in [4.69, 9.17) is 14.6 Å². The molecule has 0 aliphatic heterocycles. The van der Waals surface area contributed by atoms with Crippen molar-refractivity contribution < 1.29 is 44.6 Å². The van der Waals surface area contributed by atoms with Crippen LogP contribution >= 0.6 is 0 Å². The minimum absolute atomic E-state index is 0.0278. The van der Waals surface area contributed by atoms with Crippen LogP contribution in [0.15, 0.2) is 12.4 Å². The van der Waals surface area contributed by atoms with Crippen LogP contribution in [-0.2, 0) is 25.5 Å². The van der Waals surface area contributed by atoms with E-state index in [1.807, 2.05) is 0 Å². The Kier molecular flexibility index (Phi) is 11.7. The van der Waals surface area contributed by atoms with Crippen LogP contribution in [0.1, 0.15) is 81.7 Å². The SMILES string of the molecule is O=C(OC[C@@H](OC(=O)C1CCCCC1)[C@@H](O)Cc1cnc([C@@H](O)[C@H](O)[C@H](O)CO)cn1)C1CCCCC1. The lowest BCUT2D eigenvalue weighted by atomic mass is 9.89. The Balaban J connectivity index is 1.63. The van der Waals surface area contributed by atoms with Crippen molar-refractivity contribution >= 4 is 11.9 Å². The van der Waals surface area contributed by atoms with Gasteiger partial charge in [-0.2, -0.15) is 0 Å². The van der Waals surface area contributed by atoms with Gasteiger partial charge in [-0.25, -0.2) is 0 Å². The molecule has 1 heterocycles. The van der Waals surface area contributed by atoms with Crippen molar-refractivity contribution in [2.45, 2.75) is 101 Å². The van der Waals surface area contributed by atoms with E-state index in [1.165, 1.54) is 12.4 Å². The summed E-state index contributed by atoms with van der Waals surface area (Å²) in [5.74, 6) is -1.16. The number of aliphatic hydroxyl groups is 5. The molecule has 2 fully saturated rings. The van der Waals surface area contributed by atoms with Crippen LogP contribution in [0, 0.1) is 11.8 Å². The van der Waals surface area contributed by atoms with E-state index in [-0.39, 0.29) is 36.5 Å². The molecule has 0 aromatic carbocycles. The Morgan fingerprint density at radius 1 is 0.838 bits per heavy atom. The van der Waals surface area contributed by atoms with Crippen LogP contribution in [0.2, 0.25) is 0 Å². The summed E-state index contributed by atoms with van der Waals surface area (Å²) in [4.78, 5) is 33.5. The number of aliphatic hydroxyl groups excluding tert-OH is 5. The van der Waals surface area contributed by atoms with Gasteiger partial charge in [-0.1, -0.05) is 38.5 Å². The molecule has 37 heavy (non-hydrogen) atoms. The van der Waals surface area contributed by atoms with Gasteiger partial charge in [-0.3, -0.25) is 19.6 Å². The van der Waals surface area contributed by atoms with E-state index < -0.39 is 43.1 Å². The maximum atomic E-state index is 12.8. The van der Waals surface area contributed by atoms with Gasteiger partial charge in [0.1, 0.15) is 24.9 Å². The van der Waals surface area contributed by atoms with Crippen LogP contribution < -0.4 is 0 Å². The molecule has 0 saturated heterocycles. The molecule has 3 rings (SSSR count). The van der Waals surface area contributed by atoms with Gasteiger partial charge < -0.3 is 35.0 Å². The van der Waals surface area contributed by atoms with Gasteiger partial charge >= 0.3 is 11.9 Å². The Bertz CT molecular complexity index is 841. The first-order valence-electron chi connectivity index (χ1n) is 13.3. The molecule has 1 aromatic heterocycles. The number of esters is 2. The third-order valence-electron chi connectivity index (χ3n) is 7.31. The normalized spacial score (nSPS) is 21.4. The summed E-state index contributed by atoms with van der Waals surface area (Å²) in [5, 5.41) is 49.4. The molecule has 11 heteroatoms. The van der Waals surface area contributed by atoms with Gasteiger partial charge in [0.15, 0.2) is 6.10 Å². The van der Waals surface area contributed by atoms with E-state index in [1.54, 1.807) is 0 Å². The molecule has 0 unspecified atom stereocenters. The molecular formula is C26H40N2O9. The average Bonchev–Trinajstić information content (AvgIpc) is 2.94. The zero-order valence-electron chi connectivity index (χ0n) is 21.2. The van der Waals surface area contributed by atoms with Gasteiger partial charge in [0.2, 0.25) is 0 Å². The minimum Gasteiger partial charge on any atom is -0.461 e. The fraction of sp³-hybridized carbons (Fsp3) is 0.769. The zero-order chi connectivity index (χ0) is 26.8. The fourth-order valence-electron chi connectivity index (χ4n) is 4.89. The maximum absolute atomic E-state index is 12.8. The van der Waals surface area contributed by atoms with Crippen LogP contribution in [0.5, 0.6) is 0 Å². The van der Waals surface area contributed by atoms with Crippen molar-refractivity contribution in [3.63, 3.8) is 0 Å². The topological polar surface area (TPSA) is 180 Å². The zero-order valence-corrected chi connectivity index (χ0v) is 21.2. The van der Waals surface area contributed by atoms with Gasteiger partial charge in [-0.05, 0) is 25.7 Å². The Morgan fingerprint density at radius 3 is 1.97 bits per heavy atom. The first-order chi connectivity index (χ1) is 17.8. The largest absolute Gasteiger partial charge is 0.461 e. The molecule has 2 saturated carbocycles. The minimum atomic E-state index is -1.65. The number of aromatic nitrogens is 2. The van der Waals surface area contributed by atoms with E-state index >= 15 is 0 Å². The van der Waals surface area contributed by atoms with Crippen molar-refractivity contribution in [3.8, 4) is 0 Å². The number of nitrogens with zero attached hydrogens (tertiary/aromatic N) is 2. The van der Waals surface area contributed by atoms with Crippen molar-refractivity contribution in [1.82, 2.24) is 9.97 Å². The lowest BCUT2D eigenvalue weighted by Crippen LogP contribution is -2.40. The summed E-state index contributed by atoms with van der Waals surface area (Å²) in [7, 11) is 0. The highest BCUT2D eigenvalue weighted by atomic mass is 16.6. The van der Waals surface area contributed by atoms with Crippen LogP contribution in [0.3, 0.4) is 0 Å². The Labute approximate surface area is 216 Å². The number of hydrogen-bond acceptors (Lipinski definition) is 11. The molecule has 0 spiro atoms. The van der Waals surface area contributed by atoms with Crippen molar-refractivity contribution in [1.29, 1.82) is 0 Å². The van der Waals surface area contributed by atoms with Crippen molar-refractivity contribution in [2.24, 2.45) is 11.8 Å². The first kappa shape index (κ1) is 29.4. The predicted octanol–water partition coefficient (Wildman–Crippen LogP) is 0.743. The fourth-order valence-corrected chi connectivity index (χ4v) is 4.89. The lowest BCUT2D eigenvalue weighted by molar-refractivity contribution is -0.172. The molecule has 2 aliphatic rings. The van der Waals surface area contributed by atoms with Gasteiger partial charge in [0.25, 0.3) is 0 Å². The van der Waals surface area contributed by atoms with Crippen molar-refractivity contribution in [3.05, 3.63) is 23.8 Å². The van der Waals surface area contributed by atoms with Gasteiger partial charge in [0.05, 0.1) is 42.1 Å². The van der Waals surface area contributed by atoms with Gasteiger partial charge in [-0.15, -0.1) is 0 Å². The first-order valence-corrected chi connectivity index (χ1v) is 13.3. The van der Waals surface area contributed by atoms with Gasteiger partial charge in [0, 0.05) is 12.6 Å². The highest BCUT2D eigenvalue weighted by Gasteiger charge is 2.32. The van der Waals surface area contributed by atoms with E-state index in [9.17, 15) is 30.0 Å². The monoisotopic (exact) mass is 524 g/mol. The second-order valence-electron chi connectivity index (χ2n) is 10.2. The summed E-state index contributed by atoms with van der Waals surface area (Å²) in [5.41, 5.74) is 0.290. The summed E-state index contributed by atoms with van der Waals surface area (Å²) in [6.45, 7) is -0.993. The molecule has 0 amide bonds. The lowest BCUT2D eigenvalue weighted by Gasteiger charge is -2.27. The van der Waals surface area contributed by atoms with Crippen molar-refractivity contribution in [2.75, 3.05) is 13.2 Å². The van der Waals surface area contributed by atoms with Crippen LogP contribution in [0.4, 0.5) is 0 Å². The molecule has 208 valence electrons. The molecular weight excluding hydrogens is 484 g/mol. The Morgan fingerprint density at radius 2 is 1.43 bits per heavy atom. The third kappa shape index (κ3) is 8.68. The number of carbonyl (C=O) groups excluding carboxylic acids is 2. The van der Waals surface area contributed by atoms with E-state index in [2.05, 4.69) is 9.97 Å². The maximum Gasteiger partial charge on any atom is 0.309 e. The molecule has 1 aromatic rings. The van der Waals surface area contributed by atoms with E-state index in [0.29, 0.717) is 5.69 Å². The third-order valence-corrected chi connectivity index (χ3v) is 7.31. The number of ether oxygens (including phenoxy) is 2. The highest BCUT2D eigenvalue weighted by Crippen LogP contribution is 2.27. The summed E-state index contributed by atoms with van der Waals surface area (Å²) >= 11 is 0. The van der Waals surface area contributed by atoms with Crippen LogP contribution in [-0.4, -0.2) is 85.1 Å².